The number of hydrogen-bond donors (Lipinski definition) is 1. The largest absolute Gasteiger partial charge is 0.369 e. The minimum Gasteiger partial charge on any atom is -0.369 e. The predicted molar refractivity (Wildman–Crippen MR) is 82.9 cm³/mol. The number of nitrogen functional groups attached to an aromatic ring is 1. The van der Waals surface area contributed by atoms with Gasteiger partial charge in [-0.2, -0.15) is 0 Å². The standard InChI is InChI=1S/C14H10BrClFN3/c1-7-5-8(15)12(6-9(7)16)20-11-4-2-3-10(17)13(11)19-14(20)18/h2-6H,1H3,(H2,18,19). The molecule has 1 aromatic heterocycles. The molecule has 0 spiro atoms. The third kappa shape index (κ3) is 1.98. The average molecular weight is 355 g/mol. The first-order valence-electron chi connectivity index (χ1n) is 5.87. The van der Waals surface area contributed by atoms with Gasteiger partial charge in [-0.3, -0.25) is 4.57 Å². The molecule has 3 aromatic rings. The summed E-state index contributed by atoms with van der Waals surface area (Å²) in [5.41, 5.74) is 8.45. The molecule has 0 bridgehead atoms. The SMILES string of the molecule is Cc1cc(Br)c(-n2c(N)nc3c(F)cccc32)cc1Cl. The van der Waals surface area contributed by atoms with E-state index in [1.165, 1.54) is 6.07 Å². The molecule has 0 saturated carbocycles. The second-order valence-corrected chi connectivity index (χ2v) is 5.73. The number of aryl methyl sites for hydroxylation is 1. The fourth-order valence-corrected chi connectivity index (χ4v) is 2.94. The predicted octanol–water partition coefficient (Wildman–Crippen LogP) is 4.47. The third-order valence-electron chi connectivity index (χ3n) is 3.13. The summed E-state index contributed by atoms with van der Waals surface area (Å²) in [5.74, 6) is -0.187. The number of imidazole rings is 1. The lowest BCUT2D eigenvalue weighted by atomic mass is 10.2. The van der Waals surface area contributed by atoms with E-state index >= 15 is 0 Å². The van der Waals surface area contributed by atoms with Gasteiger partial charge in [0.1, 0.15) is 5.52 Å². The van der Waals surface area contributed by atoms with Crippen molar-refractivity contribution in [2.24, 2.45) is 0 Å². The fourth-order valence-electron chi connectivity index (χ4n) is 2.14. The van der Waals surface area contributed by atoms with Crippen LogP contribution in [0.4, 0.5) is 10.3 Å². The smallest absolute Gasteiger partial charge is 0.206 e. The highest BCUT2D eigenvalue weighted by atomic mass is 79.9. The van der Waals surface area contributed by atoms with E-state index in [9.17, 15) is 4.39 Å². The van der Waals surface area contributed by atoms with Crippen LogP contribution in [0.15, 0.2) is 34.8 Å². The van der Waals surface area contributed by atoms with Crippen molar-refractivity contribution in [3.05, 3.63) is 51.2 Å². The van der Waals surface area contributed by atoms with Crippen molar-refractivity contribution in [3.63, 3.8) is 0 Å². The molecule has 20 heavy (non-hydrogen) atoms. The minimum atomic E-state index is -0.401. The van der Waals surface area contributed by atoms with Crippen molar-refractivity contribution in [1.82, 2.24) is 9.55 Å². The molecule has 0 aliphatic carbocycles. The topological polar surface area (TPSA) is 43.8 Å². The Morgan fingerprint density at radius 3 is 2.85 bits per heavy atom. The van der Waals surface area contributed by atoms with E-state index in [-0.39, 0.29) is 11.5 Å². The molecular weight excluding hydrogens is 345 g/mol. The van der Waals surface area contributed by atoms with Crippen LogP contribution in [0, 0.1) is 12.7 Å². The lowest BCUT2D eigenvalue weighted by Gasteiger charge is -2.11. The highest BCUT2D eigenvalue weighted by Gasteiger charge is 2.15. The number of para-hydroxylation sites is 1. The Morgan fingerprint density at radius 1 is 1.35 bits per heavy atom. The fraction of sp³-hybridized carbons (Fsp3) is 0.0714. The van der Waals surface area contributed by atoms with Gasteiger partial charge in [-0.25, -0.2) is 9.37 Å². The summed E-state index contributed by atoms with van der Waals surface area (Å²) >= 11 is 9.65. The van der Waals surface area contributed by atoms with E-state index < -0.39 is 5.82 Å². The van der Waals surface area contributed by atoms with E-state index in [2.05, 4.69) is 20.9 Å². The van der Waals surface area contributed by atoms with Gasteiger partial charge in [-0.1, -0.05) is 17.7 Å². The second kappa shape index (κ2) is 4.75. The van der Waals surface area contributed by atoms with Crippen LogP contribution in [0.5, 0.6) is 0 Å². The van der Waals surface area contributed by atoms with E-state index in [0.29, 0.717) is 10.5 Å². The average Bonchev–Trinajstić information content (AvgIpc) is 2.72. The van der Waals surface area contributed by atoms with Crippen LogP contribution in [-0.2, 0) is 0 Å². The molecule has 0 unspecified atom stereocenters. The summed E-state index contributed by atoms with van der Waals surface area (Å²) in [6.07, 6.45) is 0. The zero-order valence-electron chi connectivity index (χ0n) is 10.5. The lowest BCUT2D eigenvalue weighted by Crippen LogP contribution is -2.02. The number of rotatable bonds is 1. The molecule has 0 fully saturated rings. The summed E-state index contributed by atoms with van der Waals surface area (Å²) in [5, 5.41) is 0.612. The molecule has 2 aromatic carbocycles. The molecular formula is C14H10BrClFN3. The van der Waals surface area contributed by atoms with Crippen molar-refractivity contribution >= 4 is 44.5 Å². The zero-order chi connectivity index (χ0) is 14.4. The van der Waals surface area contributed by atoms with Crippen molar-refractivity contribution in [2.75, 3.05) is 5.73 Å². The zero-order valence-corrected chi connectivity index (χ0v) is 12.8. The van der Waals surface area contributed by atoms with Gasteiger partial charge in [-0.05, 0) is 52.7 Å². The van der Waals surface area contributed by atoms with Gasteiger partial charge >= 0.3 is 0 Å². The molecule has 6 heteroatoms. The second-order valence-electron chi connectivity index (χ2n) is 4.47. The maximum Gasteiger partial charge on any atom is 0.206 e. The minimum absolute atomic E-state index is 0.214. The quantitative estimate of drug-likeness (QED) is 0.700. The van der Waals surface area contributed by atoms with Crippen LogP contribution in [0.2, 0.25) is 5.02 Å². The summed E-state index contributed by atoms with van der Waals surface area (Å²) in [7, 11) is 0. The van der Waals surface area contributed by atoms with Gasteiger partial charge in [0.2, 0.25) is 5.95 Å². The van der Waals surface area contributed by atoms with Crippen molar-refractivity contribution in [1.29, 1.82) is 0 Å². The number of benzene rings is 2. The maximum absolute atomic E-state index is 13.8. The number of anilines is 1. The highest BCUT2D eigenvalue weighted by Crippen LogP contribution is 2.32. The molecule has 0 amide bonds. The maximum atomic E-state index is 13.8. The molecule has 3 nitrogen and oxygen atoms in total. The molecule has 0 saturated heterocycles. The molecule has 2 N–H and O–H groups in total. The summed E-state index contributed by atoms with van der Waals surface area (Å²) < 4.78 is 16.3. The van der Waals surface area contributed by atoms with Gasteiger partial charge in [0.05, 0.1) is 11.2 Å². The van der Waals surface area contributed by atoms with Crippen LogP contribution < -0.4 is 5.73 Å². The van der Waals surface area contributed by atoms with Crippen LogP contribution in [-0.4, -0.2) is 9.55 Å². The van der Waals surface area contributed by atoms with E-state index in [1.807, 2.05) is 13.0 Å². The monoisotopic (exact) mass is 353 g/mol. The summed E-state index contributed by atoms with van der Waals surface area (Å²) in [6.45, 7) is 1.91. The Morgan fingerprint density at radius 2 is 2.10 bits per heavy atom. The molecule has 0 radical (unpaired) electrons. The first-order valence-corrected chi connectivity index (χ1v) is 7.04. The Bertz CT molecular complexity index is 829. The number of halogens is 3. The van der Waals surface area contributed by atoms with Crippen LogP contribution in [0.3, 0.4) is 0 Å². The Hall–Kier alpha value is -1.59. The summed E-state index contributed by atoms with van der Waals surface area (Å²) in [4.78, 5) is 4.08. The molecule has 102 valence electrons. The number of hydrogen-bond acceptors (Lipinski definition) is 2. The van der Waals surface area contributed by atoms with Crippen LogP contribution in [0.1, 0.15) is 5.56 Å². The third-order valence-corrected chi connectivity index (χ3v) is 4.17. The number of nitrogens with two attached hydrogens (primary N) is 1. The molecule has 1 heterocycles. The van der Waals surface area contributed by atoms with Crippen molar-refractivity contribution in [2.45, 2.75) is 6.92 Å². The molecule has 0 aliphatic heterocycles. The van der Waals surface area contributed by atoms with Gasteiger partial charge in [0.15, 0.2) is 5.82 Å². The lowest BCUT2D eigenvalue weighted by molar-refractivity contribution is 0.637. The highest BCUT2D eigenvalue weighted by molar-refractivity contribution is 9.10. The first kappa shape index (κ1) is 13.4. The van der Waals surface area contributed by atoms with Crippen LogP contribution in [0.25, 0.3) is 16.7 Å². The van der Waals surface area contributed by atoms with E-state index in [1.54, 1.807) is 22.8 Å². The van der Waals surface area contributed by atoms with Crippen molar-refractivity contribution in [3.8, 4) is 5.69 Å². The van der Waals surface area contributed by atoms with Crippen LogP contribution >= 0.6 is 27.5 Å². The summed E-state index contributed by atoms with van der Waals surface area (Å²) in [6, 6.07) is 8.42. The number of nitrogens with zero attached hydrogens (tertiary/aromatic N) is 2. The molecule has 3 rings (SSSR count). The Balaban J connectivity index is 2.38. The molecule has 0 aliphatic rings. The molecule has 0 atom stereocenters. The van der Waals surface area contributed by atoms with E-state index in [4.69, 9.17) is 17.3 Å². The van der Waals surface area contributed by atoms with Gasteiger partial charge in [-0.15, -0.1) is 0 Å². The normalized spacial score (nSPS) is 11.2. The Kier molecular flexibility index (Phi) is 3.18. The van der Waals surface area contributed by atoms with Gasteiger partial charge in [0.25, 0.3) is 0 Å². The first-order chi connectivity index (χ1) is 9.49. The number of aromatic nitrogens is 2. The van der Waals surface area contributed by atoms with Gasteiger partial charge in [0, 0.05) is 9.50 Å². The Labute approximate surface area is 128 Å². The van der Waals surface area contributed by atoms with Crippen molar-refractivity contribution < 1.29 is 4.39 Å². The van der Waals surface area contributed by atoms with E-state index in [0.717, 1.165) is 15.7 Å². The number of fused-ring (bicyclic) bond motifs is 1. The van der Waals surface area contributed by atoms with Gasteiger partial charge < -0.3 is 5.73 Å².